The van der Waals surface area contributed by atoms with Crippen LogP contribution >= 0.6 is 0 Å². The van der Waals surface area contributed by atoms with Crippen LogP contribution in [-0.2, 0) is 20.2 Å². The van der Waals surface area contributed by atoms with E-state index >= 15 is 0 Å². The molecule has 19 heteroatoms. The molecule has 0 aromatic carbocycles. The minimum atomic E-state index is -5.38. The van der Waals surface area contributed by atoms with E-state index in [-0.39, 0.29) is 44.4 Å². The van der Waals surface area contributed by atoms with Gasteiger partial charge in [0.1, 0.15) is 0 Å². The van der Waals surface area contributed by atoms with Crippen molar-refractivity contribution in [1.82, 2.24) is 12.3 Å². The van der Waals surface area contributed by atoms with Crippen LogP contribution in [0.5, 0.6) is 0 Å². The molecular formula is C22H45F9N2O6S2. The van der Waals surface area contributed by atoms with Crippen LogP contribution in [0.4, 0.5) is 39.5 Å². The van der Waals surface area contributed by atoms with Crippen molar-refractivity contribution in [3.63, 3.8) is 0 Å². The van der Waals surface area contributed by atoms with Crippen molar-refractivity contribution < 1.29 is 65.5 Å². The van der Waals surface area contributed by atoms with E-state index in [0.717, 1.165) is 25.7 Å². The summed E-state index contributed by atoms with van der Waals surface area (Å²) in [4.78, 5) is 0. The normalized spacial score (nSPS) is 13.4. The molecule has 1 atom stereocenters. The maximum absolute atomic E-state index is 12.8. The number of hydrogen-bond acceptors (Lipinski definition) is 6. The topological polar surface area (TPSA) is 179 Å². The molecule has 1 unspecified atom stereocenters. The van der Waals surface area contributed by atoms with Gasteiger partial charge in [0, 0.05) is 19.3 Å². The molecule has 0 aliphatic rings. The van der Waals surface area contributed by atoms with Gasteiger partial charge in [0.05, 0.1) is 0 Å². The molecule has 0 amide bonds. The van der Waals surface area contributed by atoms with Crippen LogP contribution in [0.25, 0.3) is 0 Å². The Morgan fingerprint density at radius 3 is 1.02 bits per heavy atom. The summed E-state index contributed by atoms with van der Waals surface area (Å²) in [5.41, 5.74) is -2.22. The van der Waals surface area contributed by atoms with E-state index in [1.807, 2.05) is 0 Å². The summed E-state index contributed by atoms with van der Waals surface area (Å²) in [6.45, 7) is 0. The SMILES string of the molecule is N.N.O=S(=O)(O)C(F)(F)CCCCCCCCC(F)(F)F.O=S(=O)(O)C(F)CCCCCCCCCCC(F)(F)F. The van der Waals surface area contributed by atoms with Gasteiger partial charge in [-0.25, -0.2) is 4.39 Å². The molecular weight excluding hydrogens is 623 g/mol. The van der Waals surface area contributed by atoms with Gasteiger partial charge in [-0.3, -0.25) is 9.11 Å². The van der Waals surface area contributed by atoms with Crippen LogP contribution in [0, 0.1) is 0 Å². The average Bonchev–Trinajstić information content (AvgIpc) is 2.74. The molecule has 41 heavy (non-hydrogen) atoms. The van der Waals surface area contributed by atoms with Gasteiger partial charge in [-0.05, 0) is 32.1 Å². The van der Waals surface area contributed by atoms with Gasteiger partial charge in [0.2, 0.25) is 5.50 Å². The monoisotopic (exact) mass is 668 g/mol. The summed E-state index contributed by atoms with van der Waals surface area (Å²) >= 11 is 0. The Hall–Kier alpha value is -0.890. The quantitative estimate of drug-likeness (QED) is 0.0563. The van der Waals surface area contributed by atoms with Crippen molar-refractivity contribution in [3.8, 4) is 0 Å². The number of hydrogen-bond donors (Lipinski definition) is 4. The maximum atomic E-state index is 12.8. The van der Waals surface area contributed by atoms with E-state index < -0.39 is 62.6 Å². The number of alkyl halides is 9. The van der Waals surface area contributed by atoms with Crippen molar-refractivity contribution in [1.29, 1.82) is 0 Å². The van der Waals surface area contributed by atoms with Gasteiger partial charge < -0.3 is 12.3 Å². The molecule has 0 bridgehead atoms. The first kappa shape index (κ1) is 47.1. The molecule has 0 fully saturated rings. The van der Waals surface area contributed by atoms with Gasteiger partial charge in [-0.15, -0.1) is 0 Å². The second-order valence-corrected chi connectivity index (χ2v) is 12.3. The van der Waals surface area contributed by atoms with E-state index in [2.05, 4.69) is 0 Å². The highest BCUT2D eigenvalue weighted by Gasteiger charge is 2.42. The third-order valence-corrected chi connectivity index (χ3v) is 7.36. The molecule has 0 heterocycles. The Morgan fingerprint density at radius 2 is 0.756 bits per heavy atom. The smallest absolute Gasteiger partial charge is 0.344 e. The molecule has 8 N–H and O–H groups in total. The second-order valence-electron chi connectivity index (χ2n) is 9.26. The summed E-state index contributed by atoms with van der Waals surface area (Å²) in [6, 6.07) is 0. The van der Waals surface area contributed by atoms with E-state index in [4.69, 9.17) is 9.11 Å². The van der Waals surface area contributed by atoms with Gasteiger partial charge in [0.25, 0.3) is 10.1 Å². The molecule has 254 valence electrons. The van der Waals surface area contributed by atoms with Crippen molar-refractivity contribution in [2.45, 2.75) is 139 Å². The maximum Gasteiger partial charge on any atom is 0.389 e. The summed E-state index contributed by atoms with van der Waals surface area (Å²) in [6.07, 6.45) is -4.62. The zero-order valence-electron chi connectivity index (χ0n) is 23.0. The molecule has 0 saturated carbocycles. The second kappa shape index (κ2) is 22.6. The molecule has 0 aliphatic heterocycles. The van der Waals surface area contributed by atoms with Crippen LogP contribution < -0.4 is 12.3 Å². The van der Waals surface area contributed by atoms with Crippen LogP contribution in [-0.4, -0.2) is 49.1 Å². The van der Waals surface area contributed by atoms with Gasteiger partial charge in [-0.2, -0.15) is 52.0 Å². The molecule has 0 aromatic rings. The van der Waals surface area contributed by atoms with Crippen molar-refractivity contribution in [3.05, 3.63) is 0 Å². The average molecular weight is 669 g/mol. The van der Waals surface area contributed by atoms with Crippen LogP contribution in [0.3, 0.4) is 0 Å². The molecule has 0 saturated heterocycles. The van der Waals surface area contributed by atoms with Gasteiger partial charge in [-0.1, -0.05) is 64.2 Å². The molecule has 0 aliphatic carbocycles. The Balaban J connectivity index is -0.000000319. The lowest BCUT2D eigenvalue weighted by Crippen LogP contribution is -2.27. The van der Waals surface area contributed by atoms with Crippen molar-refractivity contribution >= 4 is 20.2 Å². The molecule has 8 nitrogen and oxygen atoms in total. The van der Waals surface area contributed by atoms with E-state index in [1.54, 1.807) is 0 Å². The van der Waals surface area contributed by atoms with Crippen LogP contribution in [0.1, 0.15) is 116 Å². The highest BCUT2D eigenvalue weighted by atomic mass is 32.2. The van der Waals surface area contributed by atoms with Crippen LogP contribution in [0.2, 0.25) is 0 Å². The zero-order valence-corrected chi connectivity index (χ0v) is 24.6. The van der Waals surface area contributed by atoms with Crippen LogP contribution in [0.15, 0.2) is 0 Å². The predicted octanol–water partition coefficient (Wildman–Crippen LogP) is 9.11. The lowest BCUT2D eigenvalue weighted by Gasteiger charge is -2.12. The molecule has 0 aromatic heterocycles. The largest absolute Gasteiger partial charge is 0.389 e. The lowest BCUT2D eigenvalue weighted by atomic mass is 10.1. The summed E-state index contributed by atoms with van der Waals surface area (Å²) in [7, 11) is -9.96. The minimum absolute atomic E-state index is 0. The minimum Gasteiger partial charge on any atom is -0.344 e. The first-order valence-electron chi connectivity index (χ1n) is 12.7. The fraction of sp³-hybridized carbons (Fsp3) is 1.00. The first-order chi connectivity index (χ1) is 17.6. The third kappa shape index (κ3) is 31.9. The highest BCUT2D eigenvalue weighted by Crippen LogP contribution is 2.28. The Labute approximate surface area is 236 Å². The fourth-order valence-electron chi connectivity index (χ4n) is 3.33. The van der Waals surface area contributed by atoms with E-state index in [9.17, 15) is 56.3 Å². The van der Waals surface area contributed by atoms with Gasteiger partial charge >= 0.3 is 27.7 Å². The summed E-state index contributed by atoms with van der Waals surface area (Å²) in [5, 5.41) is -4.15. The van der Waals surface area contributed by atoms with Crippen molar-refractivity contribution in [2.75, 3.05) is 0 Å². The lowest BCUT2D eigenvalue weighted by molar-refractivity contribution is -0.136. The number of halogens is 9. The molecule has 0 spiro atoms. The Kier molecular flexibility index (Phi) is 26.0. The van der Waals surface area contributed by atoms with Crippen molar-refractivity contribution in [2.24, 2.45) is 0 Å². The van der Waals surface area contributed by atoms with E-state index in [0.29, 0.717) is 38.5 Å². The zero-order chi connectivity index (χ0) is 30.8. The van der Waals surface area contributed by atoms with E-state index in [1.165, 1.54) is 0 Å². The van der Waals surface area contributed by atoms with Gasteiger partial charge in [0.15, 0.2) is 0 Å². The summed E-state index contributed by atoms with van der Waals surface area (Å²) < 4.78 is 167. The third-order valence-electron chi connectivity index (χ3n) is 5.52. The Morgan fingerprint density at radius 1 is 0.488 bits per heavy atom. The standard InChI is InChI=1S/C12H22F4O3S.C10H17F5O3S.2H3N/c13-11(20(17,18)19)9-7-5-3-1-2-4-6-8-10-12(14,15)16;11-9(12,13)7-5-3-1-2-4-6-8-10(14,15)19(16,17)18;;/h11H,1-10H2,(H,17,18,19);1-8H2,(H,16,17,18);2*1H3. The predicted molar refractivity (Wildman–Crippen MR) is 138 cm³/mol. The molecule has 0 radical (unpaired) electrons. The highest BCUT2D eigenvalue weighted by molar-refractivity contribution is 7.86. The fourth-order valence-corrected chi connectivity index (χ4v) is 4.20. The number of unbranched alkanes of at least 4 members (excludes halogenated alkanes) is 12. The number of rotatable bonds is 20. The summed E-state index contributed by atoms with van der Waals surface area (Å²) in [5.74, 6) is 0. The first-order valence-corrected chi connectivity index (χ1v) is 15.6. The Bertz CT molecular complexity index is 841. The molecule has 0 rings (SSSR count).